The van der Waals surface area contributed by atoms with Gasteiger partial charge in [-0.25, -0.2) is 4.39 Å². The fraction of sp³-hybridized carbons (Fsp3) is 0.357. The maximum atomic E-state index is 14.6. The van der Waals surface area contributed by atoms with Gasteiger partial charge in [-0.2, -0.15) is 15.4 Å². The zero-order valence-electron chi connectivity index (χ0n) is 22.1. The van der Waals surface area contributed by atoms with E-state index in [9.17, 15) is 14.0 Å². The molecule has 1 fully saturated rings. The zero-order chi connectivity index (χ0) is 27.4. The van der Waals surface area contributed by atoms with Crippen LogP contribution in [-0.2, 0) is 4.79 Å². The van der Waals surface area contributed by atoms with Gasteiger partial charge in [-0.1, -0.05) is 18.7 Å². The van der Waals surface area contributed by atoms with Crippen LogP contribution in [0, 0.1) is 19.7 Å². The fourth-order valence-corrected chi connectivity index (χ4v) is 4.75. The van der Waals surface area contributed by atoms with Gasteiger partial charge in [-0.3, -0.25) is 14.5 Å². The highest BCUT2D eigenvalue weighted by atomic mass is 19.1. The van der Waals surface area contributed by atoms with Gasteiger partial charge in [0.15, 0.2) is 0 Å². The predicted molar refractivity (Wildman–Crippen MR) is 142 cm³/mol. The number of aryl methyl sites for hydroxylation is 2. The van der Waals surface area contributed by atoms with E-state index in [1.165, 1.54) is 12.1 Å². The van der Waals surface area contributed by atoms with Gasteiger partial charge in [0.1, 0.15) is 23.4 Å². The number of amides is 2. The molecule has 38 heavy (non-hydrogen) atoms. The van der Waals surface area contributed by atoms with Crippen molar-refractivity contribution in [3.63, 3.8) is 0 Å². The molecule has 4 rings (SSSR count). The summed E-state index contributed by atoms with van der Waals surface area (Å²) in [6.45, 7) is 11.5. The smallest absolute Gasteiger partial charge is 0.254 e. The second kappa shape index (κ2) is 11.6. The SMILES string of the molecule is C=CC(=O)N1CCN(C[C@@H](Oc2cc(C)c(-c3cn[nH]n3)cc2C(=O)NC)c2ccc(C)c(F)c2)C[C@H]1C. The van der Waals surface area contributed by atoms with Crippen molar-refractivity contribution >= 4 is 11.8 Å². The topological polar surface area (TPSA) is 103 Å². The average molecular weight is 521 g/mol. The van der Waals surface area contributed by atoms with E-state index in [1.54, 1.807) is 43.3 Å². The minimum Gasteiger partial charge on any atom is -0.484 e. The normalized spacial score (nSPS) is 16.7. The number of nitrogens with one attached hydrogen (secondary N) is 2. The van der Waals surface area contributed by atoms with E-state index in [1.807, 2.05) is 19.9 Å². The highest BCUT2D eigenvalue weighted by molar-refractivity contribution is 5.98. The van der Waals surface area contributed by atoms with Crippen molar-refractivity contribution in [2.45, 2.75) is 32.9 Å². The molecule has 0 unspecified atom stereocenters. The van der Waals surface area contributed by atoms with E-state index >= 15 is 0 Å². The third-order valence-corrected chi connectivity index (χ3v) is 6.92. The summed E-state index contributed by atoms with van der Waals surface area (Å²) < 4.78 is 21.2. The Morgan fingerprint density at radius 2 is 2.05 bits per heavy atom. The molecule has 0 radical (unpaired) electrons. The van der Waals surface area contributed by atoms with Crippen LogP contribution in [0.5, 0.6) is 5.75 Å². The van der Waals surface area contributed by atoms with Crippen LogP contribution in [0.1, 0.15) is 40.1 Å². The largest absolute Gasteiger partial charge is 0.484 e. The molecule has 200 valence electrons. The van der Waals surface area contributed by atoms with Crippen molar-refractivity contribution in [1.82, 2.24) is 30.5 Å². The summed E-state index contributed by atoms with van der Waals surface area (Å²) in [7, 11) is 1.56. The Morgan fingerprint density at radius 1 is 1.26 bits per heavy atom. The van der Waals surface area contributed by atoms with Crippen LogP contribution >= 0.6 is 0 Å². The molecule has 1 saturated heterocycles. The third-order valence-electron chi connectivity index (χ3n) is 6.92. The number of rotatable bonds is 8. The number of piperazine rings is 1. The number of carbonyl (C=O) groups excluding carboxylic acids is 2. The van der Waals surface area contributed by atoms with Gasteiger partial charge in [0.05, 0.1) is 11.8 Å². The van der Waals surface area contributed by atoms with Gasteiger partial charge >= 0.3 is 0 Å². The van der Waals surface area contributed by atoms with Crippen LogP contribution in [-0.4, -0.2) is 76.3 Å². The van der Waals surface area contributed by atoms with Crippen molar-refractivity contribution < 1.29 is 18.7 Å². The Labute approximate surface area is 221 Å². The molecular formula is C28H33FN6O3. The average Bonchev–Trinajstić information content (AvgIpc) is 3.44. The number of benzene rings is 2. The molecule has 0 bridgehead atoms. The Bertz CT molecular complexity index is 1330. The van der Waals surface area contributed by atoms with E-state index in [0.717, 1.165) is 11.1 Å². The Kier molecular flexibility index (Phi) is 8.21. The second-order valence-electron chi connectivity index (χ2n) is 9.56. The molecule has 1 aliphatic rings. The number of nitrogens with zero attached hydrogens (tertiary/aromatic N) is 4. The molecule has 0 saturated carbocycles. The van der Waals surface area contributed by atoms with Gasteiger partial charge in [0.2, 0.25) is 5.91 Å². The summed E-state index contributed by atoms with van der Waals surface area (Å²) in [4.78, 5) is 29.1. The highest BCUT2D eigenvalue weighted by Gasteiger charge is 2.29. The number of ether oxygens (including phenoxy) is 1. The van der Waals surface area contributed by atoms with E-state index in [4.69, 9.17) is 4.74 Å². The first-order valence-corrected chi connectivity index (χ1v) is 12.5. The van der Waals surface area contributed by atoms with Gasteiger partial charge in [-0.05, 0) is 61.7 Å². The van der Waals surface area contributed by atoms with Crippen LogP contribution in [0.25, 0.3) is 11.3 Å². The standard InChI is InChI=1S/C28H33FN6O3/c1-6-27(36)35-10-9-34(15-19(35)4)16-26(20-8-7-17(2)23(29)12-20)38-25-11-18(3)21(24-14-31-33-32-24)13-22(25)28(37)30-5/h6-8,11-14,19,26H,1,9-10,15-16H2,2-5H3,(H,30,37)(H,31,32,33)/t19-,26-/m1/s1. The number of halogens is 1. The van der Waals surface area contributed by atoms with E-state index in [0.29, 0.717) is 54.3 Å². The number of hydrogen-bond acceptors (Lipinski definition) is 6. The first kappa shape index (κ1) is 27.0. The van der Waals surface area contributed by atoms with Crippen LogP contribution in [0.4, 0.5) is 4.39 Å². The van der Waals surface area contributed by atoms with E-state index in [-0.39, 0.29) is 23.7 Å². The number of carbonyl (C=O) groups is 2. The molecule has 0 spiro atoms. The monoisotopic (exact) mass is 520 g/mol. The van der Waals surface area contributed by atoms with E-state index in [2.05, 4.69) is 32.2 Å². The van der Waals surface area contributed by atoms with Crippen LogP contribution in [0.3, 0.4) is 0 Å². The minimum absolute atomic E-state index is 0.0185. The lowest BCUT2D eigenvalue weighted by atomic mass is 10.0. The molecule has 1 aliphatic heterocycles. The summed E-state index contributed by atoms with van der Waals surface area (Å²) in [6.07, 6.45) is 2.35. The Morgan fingerprint density at radius 3 is 2.68 bits per heavy atom. The number of hydrogen-bond donors (Lipinski definition) is 2. The van der Waals surface area contributed by atoms with Gasteiger partial charge in [0, 0.05) is 44.8 Å². The lowest BCUT2D eigenvalue weighted by Gasteiger charge is -2.40. The summed E-state index contributed by atoms with van der Waals surface area (Å²) >= 11 is 0. The maximum absolute atomic E-state index is 14.6. The summed E-state index contributed by atoms with van der Waals surface area (Å²) in [5, 5.41) is 13.3. The Balaban J connectivity index is 1.68. The summed E-state index contributed by atoms with van der Waals surface area (Å²) in [5.41, 5.74) is 3.74. The summed E-state index contributed by atoms with van der Waals surface area (Å²) in [6, 6.07) is 8.57. The predicted octanol–water partition coefficient (Wildman–Crippen LogP) is 3.43. The van der Waals surface area contributed by atoms with Crippen molar-refractivity contribution in [2.24, 2.45) is 0 Å². The van der Waals surface area contributed by atoms with Crippen LogP contribution < -0.4 is 10.1 Å². The molecule has 0 aliphatic carbocycles. The molecule has 2 atom stereocenters. The third kappa shape index (κ3) is 5.75. The fourth-order valence-electron chi connectivity index (χ4n) is 4.75. The first-order valence-electron chi connectivity index (χ1n) is 12.5. The zero-order valence-corrected chi connectivity index (χ0v) is 22.1. The second-order valence-corrected chi connectivity index (χ2v) is 9.56. The van der Waals surface area contributed by atoms with Crippen LogP contribution in [0.15, 0.2) is 49.2 Å². The molecule has 2 N–H and O–H groups in total. The van der Waals surface area contributed by atoms with Gasteiger partial charge < -0.3 is 15.0 Å². The van der Waals surface area contributed by atoms with Crippen LogP contribution in [0.2, 0.25) is 0 Å². The molecule has 10 heteroatoms. The van der Waals surface area contributed by atoms with E-state index < -0.39 is 6.10 Å². The molecule has 3 aromatic rings. The molecular weight excluding hydrogens is 487 g/mol. The first-order chi connectivity index (χ1) is 18.2. The number of H-pyrrole nitrogens is 1. The lowest BCUT2D eigenvalue weighted by molar-refractivity contribution is -0.130. The quantitative estimate of drug-likeness (QED) is 0.441. The number of aromatic nitrogens is 3. The van der Waals surface area contributed by atoms with Crippen molar-refractivity contribution in [3.8, 4) is 17.0 Å². The van der Waals surface area contributed by atoms with Gasteiger partial charge in [-0.15, -0.1) is 0 Å². The van der Waals surface area contributed by atoms with Crippen molar-refractivity contribution in [1.29, 1.82) is 0 Å². The molecule has 2 amide bonds. The Hall–Kier alpha value is -4.05. The van der Waals surface area contributed by atoms with Crippen molar-refractivity contribution in [3.05, 3.63) is 77.3 Å². The maximum Gasteiger partial charge on any atom is 0.254 e. The highest BCUT2D eigenvalue weighted by Crippen LogP contribution is 2.33. The van der Waals surface area contributed by atoms with Crippen molar-refractivity contribution in [2.75, 3.05) is 33.2 Å². The number of aromatic amines is 1. The molecule has 2 aromatic carbocycles. The van der Waals surface area contributed by atoms with Gasteiger partial charge in [0.25, 0.3) is 5.91 Å². The molecule has 9 nitrogen and oxygen atoms in total. The minimum atomic E-state index is -0.570. The summed E-state index contributed by atoms with van der Waals surface area (Å²) in [5.74, 6) is -0.351. The lowest BCUT2D eigenvalue weighted by Crippen LogP contribution is -2.54. The molecule has 1 aromatic heterocycles. The molecule has 2 heterocycles.